The Hall–Kier alpha value is -1.70. The minimum atomic E-state index is -4.87. The average Bonchev–Trinajstić information content (AvgIpc) is 3.93. The highest BCUT2D eigenvalue weighted by molar-refractivity contribution is 7.47. The first kappa shape index (κ1) is 54.3. The van der Waals surface area contributed by atoms with E-state index in [0.717, 1.165) is 44.9 Å². The molecule has 0 saturated carbocycles. The van der Waals surface area contributed by atoms with Crippen molar-refractivity contribution >= 4 is 27.6 Å². The van der Waals surface area contributed by atoms with Gasteiger partial charge in [-0.1, -0.05) is 140 Å². The number of unbranched alkanes of at least 4 members (excludes halogenated alkanes) is 15. The summed E-state index contributed by atoms with van der Waals surface area (Å²) < 4.78 is 53.5. The maximum Gasteiger partial charge on any atom is 0.472 e. The van der Waals surface area contributed by atoms with Gasteiger partial charge in [-0.15, -0.1) is 0 Å². The van der Waals surface area contributed by atoms with E-state index in [1.165, 1.54) is 77.0 Å². The summed E-state index contributed by atoms with van der Waals surface area (Å²) >= 11 is 0. The van der Waals surface area contributed by atoms with Gasteiger partial charge in [0.05, 0.1) is 32.0 Å². The van der Waals surface area contributed by atoms with Crippen LogP contribution >= 0.6 is 15.6 Å². The van der Waals surface area contributed by atoms with Gasteiger partial charge in [0.1, 0.15) is 12.7 Å². The van der Waals surface area contributed by atoms with Crippen LogP contribution in [0.2, 0.25) is 0 Å². The number of carbonyl (C=O) groups excluding carboxylic acids is 2. The minimum absolute atomic E-state index is 0.0821. The number of aliphatic hydroxyl groups is 1. The number of ether oxygens (including phenoxy) is 3. The summed E-state index contributed by atoms with van der Waals surface area (Å²) in [4.78, 5) is 52.8. The molecule has 5 atom stereocenters. The maximum absolute atomic E-state index is 12.7. The van der Waals surface area contributed by atoms with E-state index >= 15 is 0 Å². The number of phosphoric ester groups is 2. The molecule has 0 aromatic carbocycles. The first-order valence-electron chi connectivity index (χ1n) is 21.8. The van der Waals surface area contributed by atoms with E-state index in [1.54, 1.807) is 0 Å². The van der Waals surface area contributed by atoms with Gasteiger partial charge in [-0.25, -0.2) is 9.13 Å². The van der Waals surface area contributed by atoms with E-state index in [-0.39, 0.29) is 25.0 Å². The number of phosphoric acid groups is 2. The lowest BCUT2D eigenvalue weighted by Crippen LogP contribution is -2.30. The molecule has 0 amide bonds. The van der Waals surface area contributed by atoms with Gasteiger partial charge in [-0.2, -0.15) is 0 Å². The molecule has 1 aliphatic rings. The lowest BCUT2D eigenvalue weighted by atomic mass is 10.0. The number of hydrogen-bond donors (Lipinski definition) is 4. The van der Waals surface area contributed by atoms with Crippen LogP contribution in [0.15, 0.2) is 36.5 Å². The number of hydrogen-bond acceptors (Lipinski definition) is 11. The molecule has 1 rings (SSSR count). The summed E-state index contributed by atoms with van der Waals surface area (Å²) in [6.07, 6.45) is 34.4. The van der Waals surface area contributed by atoms with Crippen LogP contribution in [0.1, 0.15) is 168 Å². The van der Waals surface area contributed by atoms with Crippen molar-refractivity contribution in [2.75, 3.05) is 26.4 Å². The highest BCUT2D eigenvalue weighted by atomic mass is 31.2. The van der Waals surface area contributed by atoms with Crippen LogP contribution in [-0.2, 0) is 46.5 Å². The van der Waals surface area contributed by atoms with Gasteiger partial charge in [0, 0.05) is 12.8 Å². The molecule has 338 valence electrons. The molecule has 1 aliphatic heterocycles. The van der Waals surface area contributed by atoms with Crippen LogP contribution in [0, 0.1) is 0 Å². The highest BCUT2D eigenvalue weighted by Crippen LogP contribution is 2.44. The Labute approximate surface area is 348 Å². The van der Waals surface area contributed by atoms with Crippen LogP contribution < -0.4 is 0 Å². The number of epoxide rings is 1. The number of carbonyl (C=O) groups is 2. The highest BCUT2D eigenvalue weighted by Gasteiger charge is 2.36. The monoisotopic (exact) mass is 866 g/mol. The fraction of sp³-hybridized carbons (Fsp3) is 0.810. The van der Waals surface area contributed by atoms with E-state index in [4.69, 9.17) is 28.5 Å². The smallest absolute Gasteiger partial charge is 0.462 e. The third-order valence-corrected chi connectivity index (χ3v) is 10.9. The number of allylic oxidation sites excluding steroid dienone is 5. The van der Waals surface area contributed by atoms with Crippen LogP contribution in [0.25, 0.3) is 0 Å². The van der Waals surface area contributed by atoms with Crippen molar-refractivity contribution in [3.05, 3.63) is 36.5 Å². The second-order valence-corrected chi connectivity index (χ2v) is 17.7. The van der Waals surface area contributed by atoms with Crippen molar-refractivity contribution in [2.45, 2.75) is 192 Å². The summed E-state index contributed by atoms with van der Waals surface area (Å²) in [5.41, 5.74) is 0. The van der Waals surface area contributed by atoms with Crippen LogP contribution in [0.4, 0.5) is 0 Å². The summed E-state index contributed by atoms with van der Waals surface area (Å²) in [5, 5.41) is 9.75. The molecule has 3 unspecified atom stereocenters. The van der Waals surface area contributed by atoms with Crippen LogP contribution in [-0.4, -0.2) is 82.6 Å². The Kier molecular flexibility index (Phi) is 32.7. The van der Waals surface area contributed by atoms with Gasteiger partial charge in [0.2, 0.25) is 0 Å². The molecule has 0 bridgehead atoms. The lowest BCUT2D eigenvalue weighted by Gasteiger charge is -2.20. The fourth-order valence-electron chi connectivity index (χ4n) is 6.02. The first-order chi connectivity index (χ1) is 27.8. The fourth-order valence-corrected chi connectivity index (χ4v) is 7.18. The zero-order chi connectivity index (χ0) is 42.7. The molecule has 0 aliphatic carbocycles. The van der Waals surface area contributed by atoms with Crippen molar-refractivity contribution in [3.63, 3.8) is 0 Å². The van der Waals surface area contributed by atoms with Crippen LogP contribution in [0.5, 0.6) is 0 Å². The summed E-state index contributed by atoms with van der Waals surface area (Å²) in [6.45, 7) is 1.65. The number of aliphatic hydroxyl groups excluding tert-OH is 1. The zero-order valence-corrected chi connectivity index (χ0v) is 37.1. The first-order valence-corrected chi connectivity index (χ1v) is 24.8. The molecule has 14 nitrogen and oxygen atoms in total. The van der Waals surface area contributed by atoms with E-state index in [0.29, 0.717) is 19.3 Å². The summed E-state index contributed by atoms with van der Waals surface area (Å²) in [6, 6.07) is 0. The van der Waals surface area contributed by atoms with Crippen molar-refractivity contribution < 1.29 is 66.3 Å². The molecule has 0 spiro atoms. The normalized spacial score (nSPS) is 17.9. The molecule has 1 saturated heterocycles. The Morgan fingerprint density at radius 1 is 0.603 bits per heavy atom. The SMILES string of the molecule is CCCCC/C=C\C/C=C\C/C=C\CC1OC1CCCC(=O)OC[C@H](COP(=O)(O)OC[C@@H](O)COP(=O)(O)O)OC(=O)CCCCCCCCCCCCCCC. The molecule has 4 N–H and O–H groups in total. The Morgan fingerprint density at radius 3 is 1.74 bits per heavy atom. The van der Waals surface area contributed by atoms with E-state index in [9.17, 15) is 28.7 Å². The molecule has 0 aromatic heterocycles. The second-order valence-electron chi connectivity index (χ2n) is 15.0. The largest absolute Gasteiger partial charge is 0.472 e. The van der Waals surface area contributed by atoms with E-state index in [2.05, 4.69) is 59.4 Å². The predicted molar refractivity (Wildman–Crippen MR) is 225 cm³/mol. The standard InChI is InChI=1S/C42H76O14P2/c1-3-5-7-9-11-13-15-17-19-21-23-25-27-31-42(45)55-38(36-54-58(49,50)53-34-37(43)33-52-57(46,47)48)35-51-41(44)32-28-30-40-39(56-40)29-26-24-22-20-18-16-14-12-10-8-6-4-2/h12,14,18,20,24,26,37-40,43H,3-11,13,15-17,19,21-23,25,27-36H2,1-2H3,(H,49,50)(H2,46,47,48)/b14-12-,20-18-,26-24-/t37-,38+,39?,40?/m0/s1. The minimum Gasteiger partial charge on any atom is -0.462 e. The Morgan fingerprint density at radius 2 is 1.12 bits per heavy atom. The van der Waals surface area contributed by atoms with Gasteiger partial charge >= 0.3 is 27.6 Å². The molecule has 58 heavy (non-hydrogen) atoms. The molecular weight excluding hydrogens is 790 g/mol. The van der Waals surface area contributed by atoms with Gasteiger partial charge < -0.3 is 34.0 Å². The van der Waals surface area contributed by atoms with Crippen molar-refractivity contribution in [1.29, 1.82) is 0 Å². The molecule has 16 heteroatoms. The van der Waals surface area contributed by atoms with Crippen molar-refractivity contribution in [3.8, 4) is 0 Å². The Bertz CT molecular complexity index is 1240. The van der Waals surface area contributed by atoms with Crippen LogP contribution in [0.3, 0.4) is 0 Å². The molecular formula is C42H76O14P2. The predicted octanol–water partition coefficient (Wildman–Crippen LogP) is 9.88. The zero-order valence-electron chi connectivity index (χ0n) is 35.3. The van der Waals surface area contributed by atoms with Gasteiger partial charge in [0.15, 0.2) is 6.10 Å². The topological polar surface area (TPSA) is 208 Å². The molecule has 1 heterocycles. The van der Waals surface area contributed by atoms with Crippen molar-refractivity contribution in [1.82, 2.24) is 0 Å². The molecule has 0 radical (unpaired) electrons. The molecule has 0 aromatic rings. The number of esters is 2. The number of rotatable bonds is 40. The summed E-state index contributed by atoms with van der Waals surface area (Å²) in [7, 11) is -9.69. The molecule has 1 fully saturated rings. The maximum atomic E-state index is 12.7. The van der Waals surface area contributed by atoms with Gasteiger partial charge in [0.25, 0.3) is 0 Å². The van der Waals surface area contributed by atoms with Crippen molar-refractivity contribution in [2.24, 2.45) is 0 Å². The quantitative estimate of drug-likeness (QED) is 0.0149. The summed E-state index contributed by atoms with van der Waals surface area (Å²) in [5.74, 6) is -1.10. The third kappa shape index (κ3) is 35.1. The van der Waals surface area contributed by atoms with E-state index in [1.807, 2.05) is 0 Å². The third-order valence-electron chi connectivity index (χ3n) is 9.45. The second kappa shape index (κ2) is 35.0. The van der Waals surface area contributed by atoms with E-state index < -0.39 is 66.2 Å². The van der Waals surface area contributed by atoms with Gasteiger partial charge in [-0.05, 0) is 51.4 Å². The lowest BCUT2D eigenvalue weighted by molar-refractivity contribution is -0.161. The average molecular weight is 867 g/mol. The van der Waals surface area contributed by atoms with Gasteiger partial charge in [-0.3, -0.25) is 23.2 Å². The Balaban J connectivity index is 2.41.